The topological polar surface area (TPSA) is 94.4 Å². The van der Waals surface area contributed by atoms with E-state index in [2.05, 4.69) is 9.98 Å². The van der Waals surface area contributed by atoms with E-state index in [1.807, 2.05) is 0 Å². The number of aliphatic imine (C=N–C) groups is 2. The van der Waals surface area contributed by atoms with Gasteiger partial charge in [0, 0.05) is 25.3 Å². The predicted molar refractivity (Wildman–Crippen MR) is 136 cm³/mol. The van der Waals surface area contributed by atoms with Gasteiger partial charge in [0.15, 0.2) is 17.8 Å². The molecule has 0 aromatic heterocycles. The molecule has 2 unspecified atom stereocenters. The highest BCUT2D eigenvalue weighted by atomic mass is 19.1. The van der Waals surface area contributed by atoms with E-state index in [1.54, 1.807) is 13.8 Å². The normalized spacial score (nSPS) is 26.6. The number of Topliss-reactive ketones (excluding diaryl/α,β-unsaturated/α-hetero) is 1. The van der Waals surface area contributed by atoms with Gasteiger partial charge in [0.2, 0.25) is 11.3 Å². The molecule has 0 saturated heterocycles. The van der Waals surface area contributed by atoms with E-state index in [0.29, 0.717) is 11.8 Å². The molecule has 1 aromatic rings. The van der Waals surface area contributed by atoms with Crippen LogP contribution in [0.25, 0.3) is 0 Å². The van der Waals surface area contributed by atoms with Crippen LogP contribution in [0.15, 0.2) is 34.3 Å². The number of hydrogen-bond donors (Lipinski definition) is 0. The average Bonchev–Trinajstić information content (AvgIpc) is 3.37. The number of rotatable bonds is 4. The Hall–Kier alpha value is -2.90. The fourth-order valence-electron chi connectivity index (χ4n) is 5.71. The Morgan fingerprint density at radius 1 is 0.944 bits per heavy atom. The number of ketones is 1. The lowest BCUT2D eigenvalue weighted by atomic mass is 9.71. The van der Waals surface area contributed by atoms with Crippen molar-refractivity contribution in [2.45, 2.75) is 97.1 Å². The SMILES string of the molecule is C.CC1=NC(C(=O)c2cccc(F)c2)(C2CCCCC2)C(=O)O1.CC1=NC(C2CCCCC2)C(=O)O1. The number of carbonyl (C=O) groups excluding carboxylic acids is 3. The van der Waals surface area contributed by atoms with Crippen LogP contribution in [0, 0.1) is 17.7 Å². The predicted octanol–water partition coefficient (Wildman–Crippen LogP) is 5.85. The Bertz CT molecular complexity index is 1040. The van der Waals surface area contributed by atoms with Crippen LogP contribution in [0.5, 0.6) is 0 Å². The molecule has 36 heavy (non-hydrogen) atoms. The molecule has 2 aliphatic carbocycles. The van der Waals surface area contributed by atoms with E-state index in [1.165, 1.54) is 37.5 Å². The summed E-state index contributed by atoms with van der Waals surface area (Å²) < 4.78 is 23.5. The molecule has 8 heteroatoms. The van der Waals surface area contributed by atoms with Crippen LogP contribution < -0.4 is 0 Å². The Morgan fingerprint density at radius 3 is 2.11 bits per heavy atom. The van der Waals surface area contributed by atoms with Gasteiger partial charge in [-0.1, -0.05) is 58.1 Å². The second-order valence-electron chi connectivity index (χ2n) is 9.87. The summed E-state index contributed by atoms with van der Waals surface area (Å²) in [6, 6.07) is 5.23. The fourth-order valence-corrected chi connectivity index (χ4v) is 5.71. The third kappa shape index (κ3) is 5.73. The van der Waals surface area contributed by atoms with Crippen molar-refractivity contribution in [1.29, 1.82) is 0 Å². The molecule has 2 aliphatic heterocycles. The number of nitrogens with zero attached hydrogens (tertiary/aromatic N) is 2. The average molecular weight is 501 g/mol. The van der Waals surface area contributed by atoms with E-state index < -0.39 is 23.1 Å². The van der Waals surface area contributed by atoms with Crippen molar-refractivity contribution in [2.24, 2.45) is 21.8 Å². The Labute approximate surface area is 212 Å². The quantitative estimate of drug-likeness (QED) is 0.294. The van der Waals surface area contributed by atoms with Crippen LogP contribution in [0.4, 0.5) is 4.39 Å². The van der Waals surface area contributed by atoms with Crippen LogP contribution in [-0.4, -0.2) is 41.1 Å². The van der Waals surface area contributed by atoms with Gasteiger partial charge in [0.25, 0.3) is 0 Å². The highest BCUT2D eigenvalue weighted by Gasteiger charge is 2.57. The first kappa shape index (κ1) is 27.7. The van der Waals surface area contributed by atoms with Crippen LogP contribution in [0.2, 0.25) is 0 Å². The van der Waals surface area contributed by atoms with Gasteiger partial charge in [0.1, 0.15) is 5.82 Å². The molecule has 2 heterocycles. The lowest BCUT2D eigenvalue weighted by Gasteiger charge is -2.33. The molecule has 2 atom stereocenters. The summed E-state index contributed by atoms with van der Waals surface area (Å²) in [6.45, 7) is 3.32. The third-order valence-electron chi connectivity index (χ3n) is 7.42. The van der Waals surface area contributed by atoms with Gasteiger partial charge in [-0.2, -0.15) is 0 Å². The Balaban J connectivity index is 0.000000221. The molecule has 5 rings (SSSR count). The summed E-state index contributed by atoms with van der Waals surface area (Å²) >= 11 is 0. The van der Waals surface area contributed by atoms with Gasteiger partial charge in [-0.15, -0.1) is 0 Å². The van der Waals surface area contributed by atoms with Crippen molar-refractivity contribution in [3.05, 3.63) is 35.6 Å². The summed E-state index contributed by atoms with van der Waals surface area (Å²) in [4.78, 5) is 45.3. The van der Waals surface area contributed by atoms with E-state index in [0.717, 1.165) is 51.0 Å². The lowest BCUT2D eigenvalue weighted by molar-refractivity contribution is -0.139. The van der Waals surface area contributed by atoms with Gasteiger partial charge in [0.05, 0.1) is 0 Å². The molecule has 0 spiro atoms. The lowest BCUT2D eigenvalue weighted by Crippen LogP contribution is -2.50. The largest absolute Gasteiger partial charge is 0.411 e. The van der Waals surface area contributed by atoms with Gasteiger partial charge < -0.3 is 9.47 Å². The second-order valence-corrected chi connectivity index (χ2v) is 9.87. The molecule has 0 bridgehead atoms. The molecule has 0 radical (unpaired) electrons. The molecule has 7 nitrogen and oxygen atoms in total. The van der Waals surface area contributed by atoms with Crippen LogP contribution >= 0.6 is 0 Å². The monoisotopic (exact) mass is 500 g/mol. The van der Waals surface area contributed by atoms with Crippen molar-refractivity contribution < 1.29 is 28.2 Å². The first-order valence-corrected chi connectivity index (χ1v) is 12.7. The van der Waals surface area contributed by atoms with Crippen LogP contribution in [0.3, 0.4) is 0 Å². The number of ether oxygens (including phenoxy) is 2. The zero-order valence-electron chi connectivity index (χ0n) is 20.4. The maximum Gasteiger partial charge on any atom is 0.349 e. The molecular weight excluding hydrogens is 463 g/mol. The molecule has 4 aliphatic rings. The van der Waals surface area contributed by atoms with Crippen molar-refractivity contribution in [3.8, 4) is 0 Å². The number of halogens is 1. The Kier molecular flexibility index (Phi) is 9.14. The van der Waals surface area contributed by atoms with Crippen molar-refractivity contribution in [1.82, 2.24) is 0 Å². The summed E-state index contributed by atoms with van der Waals surface area (Å²) in [5.74, 6) is -0.699. The smallest absolute Gasteiger partial charge is 0.349 e. The zero-order valence-corrected chi connectivity index (χ0v) is 20.4. The molecule has 1 aromatic carbocycles. The molecule has 2 fully saturated rings. The number of cyclic esters (lactones) is 2. The minimum atomic E-state index is -1.53. The fraction of sp³-hybridized carbons (Fsp3) is 0.607. The Morgan fingerprint density at radius 2 is 1.58 bits per heavy atom. The summed E-state index contributed by atoms with van der Waals surface area (Å²) in [5.41, 5.74) is -1.36. The maximum atomic E-state index is 13.5. The van der Waals surface area contributed by atoms with Gasteiger partial charge in [-0.3, -0.25) is 4.79 Å². The molecule has 196 valence electrons. The molecular formula is C28H37FN2O5. The van der Waals surface area contributed by atoms with Crippen molar-refractivity contribution in [2.75, 3.05) is 0 Å². The van der Waals surface area contributed by atoms with Gasteiger partial charge in [-0.05, 0) is 43.7 Å². The first-order valence-electron chi connectivity index (χ1n) is 12.7. The minimum Gasteiger partial charge on any atom is -0.411 e. The molecule has 2 saturated carbocycles. The van der Waals surface area contributed by atoms with Gasteiger partial charge >= 0.3 is 11.9 Å². The minimum absolute atomic E-state index is 0. The van der Waals surface area contributed by atoms with E-state index in [4.69, 9.17) is 9.47 Å². The van der Waals surface area contributed by atoms with Gasteiger partial charge in [-0.25, -0.2) is 24.0 Å². The zero-order chi connectivity index (χ0) is 25.0. The van der Waals surface area contributed by atoms with E-state index in [9.17, 15) is 18.8 Å². The van der Waals surface area contributed by atoms with Crippen molar-refractivity contribution in [3.63, 3.8) is 0 Å². The summed E-state index contributed by atoms with van der Waals surface area (Å²) in [5, 5.41) is 0. The standard InChI is InChI=1S/C17H18FNO3.C10H15NO2.CH4/c1-11-19-17(16(21)22-11,13-7-3-2-4-8-13)15(20)12-6-5-9-14(18)10-12;1-7-11-9(10(12)13-7)8-5-3-2-4-6-8;/h5-6,9-10,13H,2-4,7-8H2,1H3;8-9H,2-6H2,1H3;1H4. The third-order valence-corrected chi connectivity index (χ3v) is 7.42. The van der Waals surface area contributed by atoms with Crippen molar-refractivity contribution >= 4 is 29.5 Å². The maximum absolute atomic E-state index is 13.5. The van der Waals surface area contributed by atoms with E-state index in [-0.39, 0.29) is 36.8 Å². The van der Waals surface area contributed by atoms with Crippen LogP contribution in [0.1, 0.15) is 95.8 Å². The number of esters is 2. The van der Waals surface area contributed by atoms with E-state index >= 15 is 0 Å². The number of hydrogen-bond acceptors (Lipinski definition) is 7. The number of benzene rings is 1. The molecule has 0 amide bonds. The summed E-state index contributed by atoms with van der Waals surface area (Å²) in [6.07, 6.45) is 10.6. The first-order chi connectivity index (χ1) is 16.8. The molecule has 0 N–H and O–H groups in total. The highest BCUT2D eigenvalue weighted by molar-refractivity contribution is 6.21. The number of carbonyl (C=O) groups is 3. The highest BCUT2D eigenvalue weighted by Crippen LogP contribution is 2.41. The van der Waals surface area contributed by atoms with Crippen LogP contribution in [-0.2, 0) is 19.1 Å². The summed E-state index contributed by atoms with van der Waals surface area (Å²) in [7, 11) is 0. The second kappa shape index (κ2) is 11.9.